The first-order valence-corrected chi connectivity index (χ1v) is 23.0. The Kier molecular flexibility index (Phi) is 11.1. The number of non-ortho nitro benzene ring substituents is 1. The molecule has 9 rings (SSSR count). The van der Waals surface area contributed by atoms with E-state index in [-0.39, 0.29) is 43.5 Å². The number of amides is 4. The highest BCUT2D eigenvalue weighted by Gasteiger charge is 2.62. The Morgan fingerprint density at radius 3 is 2.53 bits per heavy atom. The summed E-state index contributed by atoms with van der Waals surface area (Å²) >= 11 is 0. The summed E-state index contributed by atoms with van der Waals surface area (Å²) in [5.41, 5.74) is 0.127. The Morgan fingerprint density at radius 1 is 0.952 bits per heavy atom. The van der Waals surface area contributed by atoms with Gasteiger partial charge in [0.15, 0.2) is 5.65 Å². The lowest BCUT2D eigenvalue weighted by atomic mass is 10.0. The molecule has 62 heavy (non-hydrogen) atoms. The number of alkyl carbamates (subject to hydrolysis) is 1. The summed E-state index contributed by atoms with van der Waals surface area (Å²) in [7, 11) is -3.94. The summed E-state index contributed by atoms with van der Waals surface area (Å²) in [6, 6.07) is 12.7. The van der Waals surface area contributed by atoms with Crippen molar-refractivity contribution in [2.45, 2.75) is 119 Å². The minimum absolute atomic E-state index is 0.0495. The molecular formula is C43H48N8O10S. The number of nitrogens with one attached hydrogen (secondary N) is 3. The van der Waals surface area contributed by atoms with Gasteiger partial charge in [-0.2, -0.15) is 9.61 Å². The van der Waals surface area contributed by atoms with Crippen LogP contribution in [0.4, 0.5) is 10.5 Å². The summed E-state index contributed by atoms with van der Waals surface area (Å²) < 4.78 is 42.0. The maximum absolute atomic E-state index is 14.8. The van der Waals surface area contributed by atoms with Crippen molar-refractivity contribution in [3.05, 3.63) is 76.9 Å². The topological polar surface area (TPSA) is 234 Å². The molecule has 3 N–H and O–H groups in total. The average Bonchev–Trinajstić information content (AvgIpc) is 4.06. The van der Waals surface area contributed by atoms with Crippen LogP contribution in [0, 0.1) is 16.0 Å². The normalized spacial score (nSPS) is 26.4. The number of ether oxygens (including phenoxy) is 2. The number of benzene rings is 2. The fraction of sp³-hybridized carbons (Fsp3) is 0.488. The molecule has 326 valence electrons. The first-order valence-electron chi connectivity index (χ1n) is 21.4. The van der Waals surface area contributed by atoms with Crippen LogP contribution >= 0.6 is 0 Å². The van der Waals surface area contributed by atoms with Gasteiger partial charge in [-0.3, -0.25) is 29.2 Å². The average molecular weight is 869 g/mol. The number of sulfonamides is 1. The van der Waals surface area contributed by atoms with Gasteiger partial charge in [-0.15, -0.1) is 0 Å². The Morgan fingerprint density at radius 2 is 1.74 bits per heavy atom. The van der Waals surface area contributed by atoms with E-state index < -0.39 is 73.7 Å². The highest BCUT2D eigenvalue weighted by molar-refractivity contribution is 7.91. The predicted octanol–water partition coefficient (Wildman–Crippen LogP) is 4.85. The van der Waals surface area contributed by atoms with Gasteiger partial charge >= 0.3 is 6.09 Å². The maximum atomic E-state index is 14.8. The van der Waals surface area contributed by atoms with Gasteiger partial charge in [0, 0.05) is 41.5 Å². The molecule has 4 amide bonds. The number of allylic oxidation sites excluding steroid dienone is 1. The van der Waals surface area contributed by atoms with Gasteiger partial charge in [0.2, 0.25) is 27.7 Å². The minimum Gasteiger partial charge on any atom is -0.472 e. The molecule has 4 aromatic rings. The van der Waals surface area contributed by atoms with E-state index in [1.807, 2.05) is 36.4 Å². The summed E-state index contributed by atoms with van der Waals surface area (Å²) in [6.07, 6.45) is 9.39. The fourth-order valence-corrected chi connectivity index (χ4v) is 10.3. The molecule has 0 spiro atoms. The number of fused-ring (bicyclic) bond motifs is 5. The number of carbonyl (C=O) groups excluding carboxylic acids is 4. The molecule has 5 aliphatic rings. The van der Waals surface area contributed by atoms with E-state index >= 15 is 0 Å². The van der Waals surface area contributed by atoms with Crippen molar-refractivity contribution in [1.82, 2.24) is 34.9 Å². The number of carbonyl (C=O) groups is 4. The lowest BCUT2D eigenvalue weighted by molar-refractivity contribution is -0.384. The SMILES string of the molecule is O=C(N[C@@H]1CCCCC/C=C\[C@@H]2C[C@@]2(C(=O)NS(=O)(=O)C2CC2)NC(=O)[C@@H]2C[C@@H](Oc3cc(-c4cccc([N+](=O)[O-])c4)nc4c5ccccc5nn34)CN2C1=O)OC1CCCC1. The summed E-state index contributed by atoms with van der Waals surface area (Å²) in [4.78, 5) is 74.0. The lowest BCUT2D eigenvalue weighted by Gasteiger charge is -2.30. The Bertz CT molecular complexity index is 2590. The van der Waals surface area contributed by atoms with Gasteiger partial charge < -0.3 is 25.0 Å². The maximum Gasteiger partial charge on any atom is 0.408 e. The molecule has 4 heterocycles. The van der Waals surface area contributed by atoms with Crippen LogP contribution in [-0.2, 0) is 29.1 Å². The van der Waals surface area contributed by atoms with Crippen molar-refractivity contribution in [3.63, 3.8) is 0 Å². The number of aromatic nitrogens is 3. The number of nitro benzene ring substituents is 1. The van der Waals surface area contributed by atoms with Crippen LogP contribution in [0.25, 0.3) is 27.8 Å². The smallest absolute Gasteiger partial charge is 0.408 e. The molecule has 4 fully saturated rings. The van der Waals surface area contributed by atoms with Crippen LogP contribution < -0.4 is 20.1 Å². The number of hydrogen-bond donors (Lipinski definition) is 3. The molecule has 3 saturated carbocycles. The van der Waals surface area contributed by atoms with Crippen LogP contribution in [0.3, 0.4) is 0 Å². The second-order valence-electron chi connectivity index (χ2n) is 17.0. The van der Waals surface area contributed by atoms with Crippen molar-refractivity contribution in [3.8, 4) is 17.1 Å². The van der Waals surface area contributed by atoms with E-state index in [1.54, 1.807) is 18.2 Å². The quantitative estimate of drug-likeness (QED) is 0.116. The van der Waals surface area contributed by atoms with Gasteiger partial charge in [0.25, 0.3) is 11.6 Å². The van der Waals surface area contributed by atoms with Crippen LogP contribution in [-0.4, -0.2) is 98.3 Å². The molecule has 3 aliphatic carbocycles. The Labute approximate surface area is 357 Å². The van der Waals surface area contributed by atoms with Crippen molar-refractivity contribution in [2.75, 3.05) is 6.54 Å². The molecule has 1 saturated heterocycles. The molecular weight excluding hydrogens is 821 g/mol. The minimum atomic E-state index is -3.94. The van der Waals surface area contributed by atoms with Crippen molar-refractivity contribution in [1.29, 1.82) is 0 Å². The summed E-state index contributed by atoms with van der Waals surface area (Å²) in [6.45, 7) is -0.109. The van der Waals surface area contributed by atoms with E-state index in [0.29, 0.717) is 53.5 Å². The molecule has 5 atom stereocenters. The summed E-state index contributed by atoms with van der Waals surface area (Å²) in [5.74, 6) is -2.32. The Hall–Kier alpha value is -6.11. The number of hydrogen-bond acceptors (Lipinski definition) is 12. The second-order valence-corrected chi connectivity index (χ2v) is 19.0. The van der Waals surface area contributed by atoms with Gasteiger partial charge in [-0.05, 0) is 76.3 Å². The molecule has 2 aromatic carbocycles. The largest absolute Gasteiger partial charge is 0.472 e. The molecule has 2 aliphatic heterocycles. The highest BCUT2D eigenvalue weighted by atomic mass is 32.2. The zero-order valence-electron chi connectivity index (χ0n) is 33.9. The van der Waals surface area contributed by atoms with E-state index in [2.05, 4.69) is 15.4 Å². The van der Waals surface area contributed by atoms with Crippen LogP contribution in [0.2, 0.25) is 0 Å². The van der Waals surface area contributed by atoms with Crippen molar-refractivity contribution >= 4 is 56.1 Å². The van der Waals surface area contributed by atoms with Crippen LogP contribution in [0.5, 0.6) is 5.88 Å². The molecule has 19 heteroatoms. The zero-order valence-corrected chi connectivity index (χ0v) is 34.8. The molecule has 18 nitrogen and oxygen atoms in total. The third-order valence-corrected chi connectivity index (χ3v) is 14.4. The second kappa shape index (κ2) is 16.6. The number of nitro groups is 1. The van der Waals surface area contributed by atoms with E-state index in [4.69, 9.17) is 19.6 Å². The predicted molar refractivity (Wildman–Crippen MR) is 224 cm³/mol. The molecule has 2 aromatic heterocycles. The van der Waals surface area contributed by atoms with Gasteiger partial charge in [0.05, 0.1) is 27.9 Å². The first-order chi connectivity index (χ1) is 29.9. The summed E-state index contributed by atoms with van der Waals surface area (Å²) in [5, 5.41) is 22.2. The van der Waals surface area contributed by atoms with Crippen LogP contribution in [0.1, 0.15) is 83.5 Å². The molecule has 0 bridgehead atoms. The molecule has 0 radical (unpaired) electrons. The monoisotopic (exact) mass is 868 g/mol. The zero-order chi connectivity index (χ0) is 43.2. The highest BCUT2D eigenvalue weighted by Crippen LogP contribution is 2.46. The van der Waals surface area contributed by atoms with Crippen molar-refractivity contribution < 1.29 is 42.0 Å². The van der Waals surface area contributed by atoms with Gasteiger partial charge in [-0.1, -0.05) is 49.3 Å². The van der Waals surface area contributed by atoms with E-state index in [1.165, 1.54) is 21.5 Å². The molecule has 0 unspecified atom stereocenters. The number of nitrogens with zero attached hydrogens (tertiary/aromatic N) is 5. The Balaban J connectivity index is 1.06. The number of rotatable bonds is 9. The lowest BCUT2D eigenvalue weighted by Crippen LogP contribution is -2.58. The van der Waals surface area contributed by atoms with Gasteiger partial charge in [0.1, 0.15) is 29.8 Å². The third-order valence-electron chi connectivity index (χ3n) is 12.6. The van der Waals surface area contributed by atoms with Crippen molar-refractivity contribution in [2.24, 2.45) is 5.92 Å². The first kappa shape index (κ1) is 41.3. The van der Waals surface area contributed by atoms with E-state index in [9.17, 15) is 37.7 Å². The fourth-order valence-electron chi connectivity index (χ4n) is 8.97. The van der Waals surface area contributed by atoms with E-state index in [0.717, 1.165) is 38.5 Å². The van der Waals surface area contributed by atoms with Gasteiger partial charge in [-0.25, -0.2) is 18.2 Å². The van der Waals surface area contributed by atoms with Crippen LogP contribution in [0.15, 0.2) is 66.7 Å². The third kappa shape index (κ3) is 8.41. The standard InChI is InChI=1S/C43H48N8O10S/c52-39-36-22-30(60-37-23-35(26-11-10-13-28(21-26)51(56)57)44-38-32-16-8-9-17-33(32)47-50(37)38)25-49(36)40(53)34(45-42(55)61-29-14-6-7-15-29)18-5-3-1-2-4-12-27-24-43(27,46-39)41(54)48-62(58,59)31-19-20-31/h4,8-13,16-17,21,23,27,29-31,34,36H,1-3,5-7,14-15,18-20,22,24-25H2,(H,45,55)(H,46,52)(H,48,54)/b12-4-/t27-,30-,34-,36+,43-/m1/s1.